The Morgan fingerprint density at radius 1 is 1.21 bits per heavy atom. The second kappa shape index (κ2) is 6.11. The van der Waals surface area contributed by atoms with Gasteiger partial charge in [0.05, 0.1) is 5.02 Å². The molecule has 0 amide bonds. The fourth-order valence-corrected chi connectivity index (χ4v) is 2.40. The van der Waals surface area contributed by atoms with Gasteiger partial charge in [0, 0.05) is 10.0 Å². The molecule has 1 N–H and O–H groups in total. The molecule has 0 heterocycles. The van der Waals surface area contributed by atoms with Crippen LogP contribution in [0, 0.1) is 5.82 Å². The van der Waals surface area contributed by atoms with E-state index in [9.17, 15) is 4.39 Å². The van der Waals surface area contributed by atoms with Crippen LogP contribution in [-0.2, 0) is 5.41 Å². The van der Waals surface area contributed by atoms with Gasteiger partial charge in [-0.2, -0.15) is 0 Å². The van der Waals surface area contributed by atoms with Crippen molar-refractivity contribution < 1.29 is 4.39 Å². The third kappa shape index (κ3) is 5.05. The number of rotatable bonds is 4. The van der Waals surface area contributed by atoms with Gasteiger partial charge in [-0.3, -0.25) is 0 Å². The molecule has 0 spiro atoms. The van der Waals surface area contributed by atoms with E-state index >= 15 is 0 Å². The van der Waals surface area contributed by atoms with E-state index in [2.05, 4.69) is 42.0 Å². The topological polar surface area (TPSA) is 12.0 Å². The van der Waals surface area contributed by atoms with E-state index < -0.39 is 0 Å². The lowest BCUT2D eigenvalue weighted by Crippen LogP contribution is -2.38. The van der Waals surface area contributed by atoms with Gasteiger partial charge in [-0.25, -0.2) is 4.39 Å². The largest absolute Gasteiger partial charge is 0.312 e. The van der Waals surface area contributed by atoms with Gasteiger partial charge in [-0.05, 0) is 72.8 Å². The Bertz CT molecular complexity index is 452. The number of hydrogen-bond donors (Lipinski definition) is 1. The monoisotopic (exact) mass is 349 g/mol. The summed E-state index contributed by atoms with van der Waals surface area (Å²) in [5, 5.41) is 3.98. The second-order valence-electron chi connectivity index (χ2n) is 6.56. The zero-order valence-corrected chi connectivity index (χ0v) is 14.5. The Morgan fingerprint density at radius 2 is 1.79 bits per heavy atom. The van der Waals surface area contributed by atoms with Crippen LogP contribution in [0.3, 0.4) is 0 Å². The van der Waals surface area contributed by atoms with E-state index in [0.29, 0.717) is 15.1 Å². The summed E-state index contributed by atoms with van der Waals surface area (Å²) in [5.74, 6) is -0.211. The van der Waals surface area contributed by atoms with Crippen LogP contribution < -0.4 is 5.32 Å². The Hall–Kier alpha value is -0.120. The molecular formula is C15H22BrClFN. The summed E-state index contributed by atoms with van der Waals surface area (Å²) in [6, 6.07) is 3.16. The highest BCUT2D eigenvalue weighted by molar-refractivity contribution is 9.10. The second-order valence-corrected chi connectivity index (χ2v) is 7.82. The van der Waals surface area contributed by atoms with Gasteiger partial charge >= 0.3 is 0 Å². The zero-order valence-electron chi connectivity index (χ0n) is 12.2. The van der Waals surface area contributed by atoms with Crippen molar-refractivity contribution in [2.24, 2.45) is 0 Å². The highest BCUT2D eigenvalue weighted by atomic mass is 79.9. The molecule has 19 heavy (non-hydrogen) atoms. The summed E-state index contributed by atoms with van der Waals surface area (Å²) in [6.45, 7) is 11.3. The Balaban J connectivity index is 2.85. The van der Waals surface area contributed by atoms with Gasteiger partial charge in [0.15, 0.2) is 0 Å². The van der Waals surface area contributed by atoms with E-state index in [-0.39, 0.29) is 16.8 Å². The van der Waals surface area contributed by atoms with Gasteiger partial charge in [0.1, 0.15) is 5.82 Å². The van der Waals surface area contributed by atoms with E-state index in [4.69, 9.17) is 11.6 Å². The first-order valence-corrected chi connectivity index (χ1v) is 7.60. The van der Waals surface area contributed by atoms with Gasteiger partial charge in [0.25, 0.3) is 0 Å². The molecule has 1 aromatic rings. The Labute approximate surface area is 129 Å². The van der Waals surface area contributed by atoms with Crippen molar-refractivity contribution >= 4 is 27.5 Å². The Kier molecular flexibility index (Phi) is 5.44. The van der Waals surface area contributed by atoms with Crippen LogP contribution in [0.5, 0.6) is 0 Å². The van der Waals surface area contributed by atoms with Crippen molar-refractivity contribution in [3.8, 4) is 0 Å². The minimum Gasteiger partial charge on any atom is -0.312 e. The molecule has 1 rings (SSSR count). The number of nitrogens with one attached hydrogen (secondary N) is 1. The first-order chi connectivity index (χ1) is 8.53. The predicted octanol–water partition coefficient (Wildman–Crippen LogP) is 5.30. The van der Waals surface area contributed by atoms with Crippen molar-refractivity contribution in [2.45, 2.75) is 52.0 Å². The maximum absolute atomic E-state index is 14.1. The average Bonchev–Trinajstić information content (AvgIpc) is 2.20. The van der Waals surface area contributed by atoms with Crippen LogP contribution in [-0.4, -0.2) is 12.1 Å². The van der Waals surface area contributed by atoms with Gasteiger partial charge in [-0.1, -0.05) is 25.4 Å². The highest BCUT2D eigenvalue weighted by Crippen LogP contribution is 2.34. The molecule has 0 saturated carbocycles. The fourth-order valence-electron chi connectivity index (χ4n) is 1.93. The van der Waals surface area contributed by atoms with Crippen LogP contribution in [0.15, 0.2) is 16.6 Å². The smallest absolute Gasteiger partial charge is 0.128 e. The van der Waals surface area contributed by atoms with E-state index in [0.717, 1.165) is 13.0 Å². The molecule has 108 valence electrons. The minimum atomic E-state index is -0.257. The standard InChI is InChI=1S/C15H22BrClFN/c1-14(2,3)19-7-6-15(4,5)10-8-12(17)11(16)9-13(10)18/h8-9,19H,6-7H2,1-5H3. The summed E-state index contributed by atoms with van der Waals surface area (Å²) >= 11 is 9.31. The van der Waals surface area contributed by atoms with Crippen LogP contribution in [0.4, 0.5) is 4.39 Å². The van der Waals surface area contributed by atoms with Crippen LogP contribution in [0.1, 0.15) is 46.6 Å². The number of hydrogen-bond acceptors (Lipinski definition) is 1. The lowest BCUT2D eigenvalue weighted by atomic mass is 9.81. The lowest BCUT2D eigenvalue weighted by molar-refractivity contribution is 0.373. The molecule has 0 aliphatic carbocycles. The summed E-state index contributed by atoms with van der Waals surface area (Å²) in [7, 11) is 0. The molecule has 0 aliphatic rings. The molecule has 0 saturated heterocycles. The third-order valence-electron chi connectivity index (χ3n) is 3.14. The van der Waals surface area contributed by atoms with E-state index in [1.807, 2.05) is 13.8 Å². The number of benzene rings is 1. The quantitative estimate of drug-likeness (QED) is 0.727. The van der Waals surface area contributed by atoms with Crippen LogP contribution in [0.2, 0.25) is 5.02 Å². The number of halogens is 3. The van der Waals surface area contributed by atoms with Crippen LogP contribution >= 0.6 is 27.5 Å². The Morgan fingerprint density at radius 3 is 2.32 bits per heavy atom. The first-order valence-electron chi connectivity index (χ1n) is 6.43. The fraction of sp³-hybridized carbons (Fsp3) is 0.600. The van der Waals surface area contributed by atoms with Gasteiger partial charge in [0.2, 0.25) is 0 Å². The molecule has 0 fully saturated rings. The molecule has 1 aromatic carbocycles. The maximum atomic E-state index is 14.1. The van der Waals surface area contributed by atoms with Crippen LogP contribution in [0.25, 0.3) is 0 Å². The highest BCUT2D eigenvalue weighted by Gasteiger charge is 2.25. The molecule has 0 atom stereocenters. The zero-order chi connectivity index (χ0) is 14.8. The minimum absolute atomic E-state index is 0.0754. The van der Waals surface area contributed by atoms with Gasteiger partial charge in [-0.15, -0.1) is 0 Å². The first kappa shape index (κ1) is 16.9. The summed E-state index contributed by atoms with van der Waals surface area (Å²) < 4.78 is 14.7. The summed E-state index contributed by atoms with van der Waals surface area (Å²) in [6.07, 6.45) is 0.846. The maximum Gasteiger partial charge on any atom is 0.128 e. The lowest BCUT2D eigenvalue weighted by Gasteiger charge is -2.29. The molecule has 0 unspecified atom stereocenters. The van der Waals surface area contributed by atoms with E-state index in [1.165, 1.54) is 6.07 Å². The molecule has 4 heteroatoms. The molecule has 0 aliphatic heterocycles. The molecule has 1 nitrogen and oxygen atoms in total. The molecule has 0 bridgehead atoms. The van der Waals surface area contributed by atoms with Crippen molar-refractivity contribution in [1.82, 2.24) is 5.32 Å². The molecule has 0 radical (unpaired) electrons. The van der Waals surface area contributed by atoms with E-state index in [1.54, 1.807) is 6.07 Å². The van der Waals surface area contributed by atoms with Crippen molar-refractivity contribution in [3.05, 3.63) is 33.0 Å². The molecular weight excluding hydrogens is 329 g/mol. The average molecular weight is 351 g/mol. The van der Waals surface area contributed by atoms with Crippen molar-refractivity contribution in [1.29, 1.82) is 0 Å². The molecule has 0 aromatic heterocycles. The predicted molar refractivity (Wildman–Crippen MR) is 84.5 cm³/mol. The SMILES string of the molecule is CC(C)(C)NCCC(C)(C)c1cc(Cl)c(Br)cc1F. The normalized spacial score (nSPS) is 12.8. The van der Waals surface area contributed by atoms with Gasteiger partial charge < -0.3 is 5.32 Å². The third-order valence-corrected chi connectivity index (χ3v) is 4.34. The summed E-state index contributed by atoms with van der Waals surface area (Å²) in [5.41, 5.74) is 0.481. The summed E-state index contributed by atoms with van der Waals surface area (Å²) in [4.78, 5) is 0. The van der Waals surface area contributed by atoms with Crippen molar-refractivity contribution in [3.63, 3.8) is 0 Å². The van der Waals surface area contributed by atoms with Crippen molar-refractivity contribution in [2.75, 3.05) is 6.54 Å².